The maximum absolute atomic E-state index is 13.2. The smallest absolute Gasteiger partial charge is 0.314 e. The molecule has 86 valence electrons. The summed E-state index contributed by atoms with van der Waals surface area (Å²) in [6, 6.07) is 3.55. The third kappa shape index (κ3) is 3.03. The highest BCUT2D eigenvalue weighted by Gasteiger charge is 2.18. The lowest BCUT2D eigenvalue weighted by Crippen LogP contribution is -2.01. The number of hydrogen-bond acceptors (Lipinski definition) is 4. The quantitative estimate of drug-likeness (QED) is 0.470. The van der Waals surface area contributed by atoms with E-state index >= 15 is 0 Å². The highest BCUT2D eigenvalue weighted by molar-refractivity contribution is 5.46. The topological polar surface area (TPSA) is 78.4 Å². The van der Waals surface area contributed by atoms with Gasteiger partial charge >= 0.3 is 5.69 Å². The van der Waals surface area contributed by atoms with Crippen LogP contribution in [0.15, 0.2) is 30.4 Å². The van der Waals surface area contributed by atoms with E-state index in [1.807, 2.05) is 0 Å². The van der Waals surface area contributed by atoms with E-state index in [1.54, 1.807) is 12.2 Å². The second kappa shape index (κ2) is 5.82. The Kier molecular flexibility index (Phi) is 4.41. The number of ether oxygens (including phenoxy) is 1. The average Bonchev–Trinajstić information content (AvgIpc) is 2.25. The minimum atomic E-state index is -0.754. The number of nitrogens with zero attached hydrogens (tertiary/aromatic N) is 1. The Labute approximate surface area is 91.5 Å². The number of nitrogens with two attached hydrogens (primary N) is 1. The minimum Gasteiger partial charge on any atom is -0.481 e. The van der Waals surface area contributed by atoms with E-state index in [9.17, 15) is 14.5 Å². The number of benzene rings is 1. The molecular weight excluding hydrogens is 215 g/mol. The van der Waals surface area contributed by atoms with Crippen LogP contribution < -0.4 is 10.5 Å². The fourth-order valence-electron chi connectivity index (χ4n) is 1.08. The zero-order valence-corrected chi connectivity index (χ0v) is 8.43. The maximum atomic E-state index is 13.2. The van der Waals surface area contributed by atoms with E-state index in [2.05, 4.69) is 0 Å². The van der Waals surface area contributed by atoms with Gasteiger partial charge in [0.15, 0.2) is 5.82 Å². The molecule has 2 N–H and O–H groups in total. The van der Waals surface area contributed by atoms with E-state index in [0.717, 1.165) is 6.07 Å². The van der Waals surface area contributed by atoms with E-state index in [0.29, 0.717) is 6.54 Å². The zero-order valence-electron chi connectivity index (χ0n) is 8.43. The summed E-state index contributed by atoms with van der Waals surface area (Å²) >= 11 is 0. The van der Waals surface area contributed by atoms with Gasteiger partial charge in [0, 0.05) is 12.6 Å². The molecule has 0 aromatic heterocycles. The Morgan fingerprint density at radius 1 is 1.50 bits per heavy atom. The summed E-state index contributed by atoms with van der Waals surface area (Å²) in [4.78, 5) is 9.89. The number of para-hydroxylation sites is 1. The summed E-state index contributed by atoms with van der Waals surface area (Å²) in [5.74, 6) is -1.11. The molecular formula is C10H11FN2O3. The SMILES string of the molecule is NC/C=C/COc1c(F)cccc1[N+](=O)[O-]. The van der Waals surface area contributed by atoms with Gasteiger partial charge in [-0.2, -0.15) is 0 Å². The van der Waals surface area contributed by atoms with Crippen molar-refractivity contribution in [2.24, 2.45) is 5.73 Å². The average molecular weight is 226 g/mol. The predicted octanol–water partition coefficient (Wildman–Crippen LogP) is 1.63. The lowest BCUT2D eigenvalue weighted by atomic mass is 10.3. The lowest BCUT2D eigenvalue weighted by molar-refractivity contribution is -0.386. The molecule has 0 fully saturated rings. The van der Waals surface area contributed by atoms with Crippen LogP contribution in [0.25, 0.3) is 0 Å². The minimum absolute atomic E-state index is 0.0406. The molecule has 0 saturated carbocycles. The van der Waals surface area contributed by atoms with Crippen molar-refractivity contribution < 1.29 is 14.1 Å². The maximum Gasteiger partial charge on any atom is 0.314 e. The second-order valence-corrected chi connectivity index (χ2v) is 2.86. The van der Waals surface area contributed by atoms with Crippen LogP contribution in [0.1, 0.15) is 0 Å². The summed E-state index contributed by atoms with van der Waals surface area (Å²) in [7, 11) is 0. The van der Waals surface area contributed by atoms with Crippen molar-refractivity contribution in [3.05, 3.63) is 46.3 Å². The van der Waals surface area contributed by atoms with E-state index in [4.69, 9.17) is 10.5 Å². The molecule has 6 heteroatoms. The van der Waals surface area contributed by atoms with Gasteiger partial charge in [0.05, 0.1) is 4.92 Å². The monoisotopic (exact) mass is 226 g/mol. The normalized spacial score (nSPS) is 10.6. The van der Waals surface area contributed by atoms with Crippen molar-refractivity contribution in [3.63, 3.8) is 0 Å². The standard InChI is InChI=1S/C10H11FN2O3/c11-8-4-3-5-9(13(14)15)10(8)16-7-2-1-6-12/h1-5H,6-7,12H2/b2-1+. The molecule has 0 heterocycles. The molecule has 0 unspecified atom stereocenters. The Bertz CT molecular complexity index is 407. The van der Waals surface area contributed by atoms with Crippen LogP contribution in [0.5, 0.6) is 5.75 Å². The molecule has 0 radical (unpaired) electrons. The molecule has 0 aliphatic carbocycles. The molecule has 1 aromatic rings. The summed E-state index contributed by atoms with van der Waals surface area (Å²) in [5.41, 5.74) is 4.80. The van der Waals surface area contributed by atoms with Gasteiger partial charge in [-0.25, -0.2) is 4.39 Å². The number of nitro groups is 1. The van der Waals surface area contributed by atoms with Crippen LogP contribution in [0, 0.1) is 15.9 Å². The second-order valence-electron chi connectivity index (χ2n) is 2.86. The van der Waals surface area contributed by atoms with Gasteiger partial charge in [0.2, 0.25) is 5.75 Å². The molecule has 16 heavy (non-hydrogen) atoms. The molecule has 0 amide bonds. The summed E-state index contributed by atoms with van der Waals surface area (Å²) in [6.45, 7) is 0.377. The van der Waals surface area contributed by atoms with Crippen LogP contribution in [0.3, 0.4) is 0 Å². The van der Waals surface area contributed by atoms with Crippen LogP contribution in [0.2, 0.25) is 0 Å². The van der Waals surface area contributed by atoms with Crippen molar-refractivity contribution in [2.75, 3.05) is 13.2 Å². The van der Waals surface area contributed by atoms with Crippen LogP contribution in [-0.2, 0) is 0 Å². The first-order valence-corrected chi connectivity index (χ1v) is 4.57. The zero-order chi connectivity index (χ0) is 12.0. The van der Waals surface area contributed by atoms with E-state index in [1.165, 1.54) is 12.1 Å². The summed E-state index contributed by atoms with van der Waals surface area (Å²) in [6.07, 6.45) is 3.18. The van der Waals surface area contributed by atoms with Crippen molar-refractivity contribution in [1.82, 2.24) is 0 Å². The Morgan fingerprint density at radius 3 is 2.88 bits per heavy atom. The Morgan fingerprint density at radius 2 is 2.25 bits per heavy atom. The number of nitro benzene ring substituents is 1. The fourth-order valence-corrected chi connectivity index (χ4v) is 1.08. The predicted molar refractivity (Wildman–Crippen MR) is 56.7 cm³/mol. The van der Waals surface area contributed by atoms with Gasteiger partial charge in [0.1, 0.15) is 6.61 Å². The van der Waals surface area contributed by atoms with Crippen LogP contribution >= 0.6 is 0 Å². The third-order valence-electron chi connectivity index (χ3n) is 1.77. The first-order valence-electron chi connectivity index (χ1n) is 4.57. The Balaban J connectivity index is 2.84. The van der Waals surface area contributed by atoms with Gasteiger partial charge in [-0.3, -0.25) is 10.1 Å². The van der Waals surface area contributed by atoms with Gasteiger partial charge in [-0.05, 0) is 6.07 Å². The number of halogens is 1. The molecule has 0 bridgehead atoms. The molecule has 0 saturated heterocycles. The van der Waals surface area contributed by atoms with Gasteiger partial charge in [0.25, 0.3) is 0 Å². The van der Waals surface area contributed by atoms with Gasteiger partial charge in [-0.15, -0.1) is 0 Å². The molecule has 1 aromatic carbocycles. The largest absolute Gasteiger partial charge is 0.481 e. The molecule has 0 atom stereocenters. The van der Waals surface area contributed by atoms with E-state index in [-0.39, 0.29) is 18.0 Å². The highest BCUT2D eigenvalue weighted by atomic mass is 19.1. The number of rotatable bonds is 5. The number of hydrogen-bond donors (Lipinski definition) is 1. The first kappa shape index (κ1) is 12.1. The van der Waals surface area contributed by atoms with Gasteiger partial charge in [-0.1, -0.05) is 18.2 Å². The highest BCUT2D eigenvalue weighted by Crippen LogP contribution is 2.29. The van der Waals surface area contributed by atoms with Crippen LogP contribution in [-0.4, -0.2) is 18.1 Å². The van der Waals surface area contributed by atoms with Gasteiger partial charge < -0.3 is 10.5 Å². The van der Waals surface area contributed by atoms with Crippen molar-refractivity contribution in [1.29, 1.82) is 0 Å². The first-order chi connectivity index (χ1) is 7.66. The fraction of sp³-hybridized carbons (Fsp3) is 0.200. The van der Waals surface area contributed by atoms with Crippen molar-refractivity contribution >= 4 is 5.69 Å². The molecule has 1 rings (SSSR count). The molecule has 0 aliphatic rings. The molecule has 5 nitrogen and oxygen atoms in total. The lowest BCUT2D eigenvalue weighted by Gasteiger charge is -2.04. The Hall–Kier alpha value is -1.95. The van der Waals surface area contributed by atoms with Crippen molar-refractivity contribution in [2.45, 2.75) is 0 Å². The van der Waals surface area contributed by atoms with E-state index < -0.39 is 10.7 Å². The summed E-state index contributed by atoms with van der Waals surface area (Å²) in [5, 5.41) is 10.6. The molecule has 0 aliphatic heterocycles. The van der Waals surface area contributed by atoms with Crippen molar-refractivity contribution in [3.8, 4) is 5.75 Å². The summed E-state index contributed by atoms with van der Waals surface area (Å²) < 4.78 is 18.2. The van der Waals surface area contributed by atoms with Crippen LogP contribution in [0.4, 0.5) is 10.1 Å². The third-order valence-corrected chi connectivity index (χ3v) is 1.77. The molecule has 0 spiro atoms.